The number of likely N-dealkylation sites (N-methyl/N-ethyl adjacent to an activating group) is 1. The van der Waals surface area contributed by atoms with Gasteiger partial charge < -0.3 is 14.7 Å². The first-order chi connectivity index (χ1) is 11.9. The van der Waals surface area contributed by atoms with E-state index >= 15 is 0 Å². The minimum Gasteiger partial charge on any atom is -0.369 e. The average Bonchev–Trinajstić information content (AvgIpc) is 2.96. The number of piperazine rings is 1. The predicted molar refractivity (Wildman–Crippen MR) is 99.9 cm³/mol. The highest BCUT2D eigenvalue weighted by atomic mass is 32.2. The summed E-state index contributed by atoms with van der Waals surface area (Å²) in [7, 11) is -0.870. The van der Waals surface area contributed by atoms with Gasteiger partial charge in [0, 0.05) is 50.0 Å². The van der Waals surface area contributed by atoms with Crippen LogP contribution in [-0.2, 0) is 9.84 Å². The lowest BCUT2D eigenvalue weighted by atomic mass is 10.1. The van der Waals surface area contributed by atoms with Crippen molar-refractivity contribution in [2.45, 2.75) is 19.4 Å². The maximum atomic E-state index is 12.8. The number of nitrogens with zero attached hydrogens (tertiary/aromatic N) is 3. The molecule has 25 heavy (non-hydrogen) atoms. The molecule has 0 N–H and O–H groups in total. The Kier molecular flexibility index (Phi) is 5.34. The zero-order chi connectivity index (χ0) is 18.0. The maximum Gasteiger partial charge on any atom is 0.254 e. The van der Waals surface area contributed by atoms with Crippen LogP contribution >= 0.6 is 0 Å². The Balaban J connectivity index is 1.69. The number of benzene rings is 1. The van der Waals surface area contributed by atoms with Gasteiger partial charge in [0.25, 0.3) is 5.91 Å². The second-order valence-corrected chi connectivity index (χ2v) is 9.21. The number of carbonyl (C=O) groups excluding carboxylic acids is 1. The van der Waals surface area contributed by atoms with E-state index < -0.39 is 9.84 Å². The molecule has 1 aromatic rings. The minimum atomic E-state index is -3.00. The molecule has 1 atom stereocenters. The van der Waals surface area contributed by atoms with Crippen molar-refractivity contribution in [2.24, 2.45) is 0 Å². The van der Waals surface area contributed by atoms with Gasteiger partial charge >= 0.3 is 0 Å². The molecule has 0 unspecified atom stereocenters. The molecule has 0 aromatic heterocycles. The molecule has 0 saturated carbocycles. The quantitative estimate of drug-likeness (QED) is 0.799. The lowest BCUT2D eigenvalue weighted by Crippen LogP contribution is -2.44. The van der Waals surface area contributed by atoms with E-state index in [1.54, 1.807) is 4.90 Å². The van der Waals surface area contributed by atoms with E-state index in [0.717, 1.165) is 31.9 Å². The van der Waals surface area contributed by atoms with Crippen LogP contribution in [0.1, 0.15) is 23.7 Å². The molecule has 2 aliphatic heterocycles. The third kappa shape index (κ3) is 4.15. The van der Waals surface area contributed by atoms with Gasteiger partial charge in [-0.3, -0.25) is 4.79 Å². The number of hydrogen-bond acceptors (Lipinski definition) is 5. The van der Waals surface area contributed by atoms with Gasteiger partial charge in [-0.2, -0.15) is 0 Å². The van der Waals surface area contributed by atoms with Crippen LogP contribution in [0.15, 0.2) is 24.3 Å². The van der Waals surface area contributed by atoms with Crippen molar-refractivity contribution in [1.29, 1.82) is 0 Å². The highest BCUT2D eigenvalue weighted by molar-refractivity contribution is 7.91. The van der Waals surface area contributed by atoms with Crippen molar-refractivity contribution in [3.63, 3.8) is 0 Å². The third-order valence-electron chi connectivity index (χ3n) is 5.23. The number of carbonyl (C=O) groups is 1. The first-order valence-corrected chi connectivity index (χ1v) is 10.8. The van der Waals surface area contributed by atoms with Crippen LogP contribution in [-0.4, -0.2) is 81.4 Å². The highest BCUT2D eigenvalue weighted by Gasteiger charge is 2.34. The molecule has 1 amide bonds. The fourth-order valence-corrected chi connectivity index (χ4v) is 5.36. The average molecular weight is 365 g/mol. The molecular formula is C18H27N3O3S. The maximum absolute atomic E-state index is 12.8. The topological polar surface area (TPSA) is 60.9 Å². The van der Waals surface area contributed by atoms with E-state index in [1.165, 1.54) is 0 Å². The van der Waals surface area contributed by atoms with Gasteiger partial charge in [0.15, 0.2) is 9.84 Å². The number of amides is 1. The third-order valence-corrected chi connectivity index (χ3v) is 6.98. The van der Waals surface area contributed by atoms with Gasteiger partial charge in [0.2, 0.25) is 0 Å². The van der Waals surface area contributed by atoms with Crippen molar-refractivity contribution >= 4 is 21.4 Å². The van der Waals surface area contributed by atoms with Crippen molar-refractivity contribution < 1.29 is 13.2 Å². The molecule has 2 heterocycles. The molecule has 138 valence electrons. The van der Waals surface area contributed by atoms with Crippen molar-refractivity contribution in [3.8, 4) is 0 Å². The van der Waals surface area contributed by atoms with Crippen LogP contribution in [0.3, 0.4) is 0 Å². The Morgan fingerprint density at radius 3 is 2.32 bits per heavy atom. The first-order valence-electron chi connectivity index (χ1n) is 8.94. The number of anilines is 1. The van der Waals surface area contributed by atoms with Crippen LogP contribution in [0.5, 0.6) is 0 Å². The van der Waals surface area contributed by atoms with Crippen molar-refractivity contribution in [2.75, 3.05) is 56.2 Å². The summed E-state index contributed by atoms with van der Waals surface area (Å²) in [6.45, 7) is 6.50. The predicted octanol–water partition coefficient (Wildman–Crippen LogP) is 1.09. The van der Waals surface area contributed by atoms with E-state index in [9.17, 15) is 13.2 Å². The Labute approximate surface area is 150 Å². The standard InChI is InChI=1S/C18H27N3O3S/c1-3-21(17-8-13-25(23,24)14-17)18(22)15-4-6-16(7-5-15)20-11-9-19(2)10-12-20/h4-7,17H,3,8-14H2,1-2H3/t17-/m1/s1. The summed E-state index contributed by atoms with van der Waals surface area (Å²) in [6, 6.07) is 7.53. The highest BCUT2D eigenvalue weighted by Crippen LogP contribution is 2.22. The second-order valence-electron chi connectivity index (χ2n) is 6.99. The SMILES string of the molecule is CCN(C(=O)c1ccc(N2CCN(C)CC2)cc1)[C@@H]1CCS(=O)(=O)C1. The number of sulfone groups is 1. The Morgan fingerprint density at radius 2 is 1.80 bits per heavy atom. The van der Waals surface area contributed by atoms with Gasteiger partial charge in [-0.05, 0) is 44.7 Å². The summed E-state index contributed by atoms with van der Waals surface area (Å²) >= 11 is 0. The molecule has 0 radical (unpaired) electrons. The molecule has 0 bridgehead atoms. The summed E-state index contributed by atoms with van der Waals surface area (Å²) in [5.41, 5.74) is 1.76. The fourth-order valence-electron chi connectivity index (χ4n) is 3.63. The monoisotopic (exact) mass is 365 g/mol. The first kappa shape index (κ1) is 18.2. The molecule has 7 heteroatoms. The minimum absolute atomic E-state index is 0.0745. The van der Waals surface area contributed by atoms with Crippen LogP contribution in [0, 0.1) is 0 Å². The van der Waals surface area contributed by atoms with E-state index in [0.29, 0.717) is 18.5 Å². The van der Waals surface area contributed by atoms with Gasteiger partial charge in [0.1, 0.15) is 0 Å². The van der Waals surface area contributed by atoms with Gasteiger partial charge in [0.05, 0.1) is 11.5 Å². The molecule has 2 fully saturated rings. The van der Waals surface area contributed by atoms with Gasteiger partial charge in [-0.1, -0.05) is 0 Å². The summed E-state index contributed by atoms with van der Waals surface area (Å²) < 4.78 is 23.4. The molecule has 1 aromatic carbocycles. The van der Waals surface area contributed by atoms with Gasteiger partial charge in [-0.25, -0.2) is 8.42 Å². The summed E-state index contributed by atoms with van der Waals surface area (Å²) in [6.07, 6.45) is 0.543. The van der Waals surface area contributed by atoms with E-state index in [1.807, 2.05) is 31.2 Å². The van der Waals surface area contributed by atoms with Crippen molar-refractivity contribution in [1.82, 2.24) is 9.80 Å². The molecule has 6 nitrogen and oxygen atoms in total. The molecule has 0 aliphatic carbocycles. The largest absolute Gasteiger partial charge is 0.369 e. The van der Waals surface area contributed by atoms with Crippen molar-refractivity contribution in [3.05, 3.63) is 29.8 Å². The smallest absolute Gasteiger partial charge is 0.254 e. The van der Waals surface area contributed by atoms with E-state index in [4.69, 9.17) is 0 Å². The number of hydrogen-bond donors (Lipinski definition) is 0. The number of rotatable bonds is 4. The second kappa shape index (κ2) is 7.33. The molecular weight excluding hydrogens is 338 g/mol. The van der Waals surface area contributed by atoms with Crippen LogP contribution < -0.4 is 4.90 Å². The lowest BCUT2D eigenvalue weighted by molar-refractivity contribution is 0.0708. The lowest BCUT2D eigenvalue weighted by Gasteiger charge is -2.34. The van der Waals surface area contributed by atoms with Gasteiger partial charge in [-0.15, -0.1) is 0 Å². The Bertz CT molecular complexity index is 710. The Hall–Kier alpha value is -1.60. The van der Waals surface area contributed by atoms with E-state index in [2.05, 4.69) is 16.8 Å². The summed E-state index contributed by atoms with van der Waals surface area (Å²) in [5, 5.41) is 0. The zero-order valence-electron chi connectivity index (χ0n) is 15.0. The molecule has 2 aliphatic rings. The molecule has 3 rings (SSSR count). The zero-order valence-corrected chi connectivity index (χ0v) is 15.8. The summed E-state index contributed by atoms with van der Waals surface area (Å²) in [5.74, 6) is 0.199. The fraction of sp³-hybridized carbons (Fsp3) is 0.611. The van der Waals surface area contributed by atoms with Crippen LogP contribution in [0.2, 0.25) is 0 Å². The summed E-state index contributed by atoms with van der Waals surface area (Å²) in [4.78, 5) is 19.2. The van der Waals surface area contributed by atoms with E-state index in [-0.39, 0.29) is 23.5 Å². The molecule has 0 spiro atoms. The van der Waals surface area contributed by atoms with Crippen LogP contribution in [0.25, 0.3) is 0 Å². The normalized spacial score (nSPS) is 23.6. The Morgan fingerprint density at radius 1 is 1.16 bits per heavy atom. The van der Waals surface area contributed by atoms with Crippen LogP contribution in [0.4, 0.5) is 5.69 Å². The molecule has 2 saturated heterocycles.